The maximum absolute atomic E-state index is 13.4. The lowest BCUT2D eigenvalue weighted by atomic mass is 10.0. The van der Waals surface area contributed by atoms with Gasteiger partial charge in [0.15, 0.2) is 6.20 Å². The zero-order chi connectivity index (χ0) is 20.5. The predicted molar refractivity (Wildman–Crippen MR) is 113 cm³/mol. The van der Waals surface area contributed by atoms with Gasteiger partial charge in [0, 0.05) is 28.5 Å². The molecular formula is C23H21ClN3O2+. The molecule has 0 radical (unpaired) electrons. The van der Waals surface area contributed by atoms with E-state index in [9.17, 15) is 9.59 Å². The zero-order valence-corrected chi connectivity index (χ0v) is 17.0. The average molecular weight is 407 g/mol. The number of nitrogens with one attached hydrogen (secondary N) is 1. The number of carbonyl (C=O) groups is 2. The fourth-order valence-corrected chi connectivity index (χ4v) is 3.85. The lowest BCUT2D eigenvalue weighted by Crippen LogP contribution is -2.58. The highest BCUT2D eigenvalue weighted by atomic mass is 35.5. The molecule has 1 unspecified atom stereocenters. The molecule has 0 aliphatic carbocycles. The van der Waals surface area contributed by atoms with Crippen molar-refractivity contribution in [1.82, 2.24) is 0 Å². The number of halogens is 1. The minimum atomic E-state index is -0.783. The van der Waals surface area contributed by atoms with Gasteiger partial charge in [0.2, 0.25) is 18.3 Å². The standard InChI is InChI=1S/C23H20ClN3O2/c1-15-6-11-19(16(2)13-15)27-21(28)14-26-12-4-3-5-20(26)22(27)23(29)25-18-9-7-17(24)8-10-18/h3-13,22H,14H2,1-2H3/p+1. The number of amides is 2. The fraction of sp³-hybridized carbons (Fsp3) is 0.174. The molecule has 5 nitrogen and oxygen atoms in total. The van der Waals surface area contributed by atoms with Crippen LogP contribution in [-0.4, -0.2) is 11.8 Å². The molecule has 0 saturated carbocycles. The average Bonchev–Trinajstić information content (AvgIpc) is 2.69. The Hall–Kier alpha value is -3.18. The van der Waals surface area contributed by atoms with Crippen LogP contribution in [0.1, 0.15) is 22.9 Å². The van der Waals surface area contributed by atoms with Gasteiger partial charge in [-0.25, -0.2) is 0 Å². The van der Waals surface area contributed by atoms with E-state index in [1.54, 1.807) is 29.2 Å². The van der Waals surface area contributed by atoms with Gasteiger partial charge in [-0.2, -0.15) is 4.57 Å². The first-order chi connectivity index (χ1) is 13.9. The zero-order valence-electron chi connectivity index (χ0n) is 16.2. The summed E-state index contributed by atoms with van der Waals surface area (Å²) in [6.45, 7) is 4.15. The third-order valence-corrected chi connectivity index (χ3v) is 5.31. The van der Waals surface area contributed by atoms with E-state index in [1.807, 2.05) is 61.0 Å². The summed E-state index contributed by atoms with van der Waals surface area (Å²) in [6.07, 6.45) is 1.83. The van der Waals surface area contributed by atoms with E-state index in [4.69, 9.17) is 11.6 Å². The Kier molecular flexibility index (Phi) is 5.07. The number of fused-ring (bicyclic) bond motifs is 1. The summed E-state index contributed by atoms with van der Waals surface area (Å²) in [5.74, 6) is -0.405. The van der Waals surface area contributed by atoms with Crippen LogP contribution in [-0.2, 0) is 16.1 Å². The van der Waals surface area contributed by atoms with Crippen LogP contribution in [0.15, 0.2) is 66.9 Å². The number of aromatic nitrogens is 1. The third kappa shape index (κ3) is 3.74. The summed E-state index contributed by atoms with van der Waals surface area (Å²) in [4.78, 5) is 28.1. The van der Waals surface area contributed by atoms with Gasteiger partial charge < -0.3 is 5.32 Å². The van der Waals surface area contributed by atoms with Gasteiger partial charge in [-0.3, -0.25) is 14.5 Å². The quantitative estimate of drug-likeness (QED) is 0.669. The number of hydrogen-bond donors (Lipinski definition) is 1. The number of carbonyl (C=O) groups excluding carboxylic acids is 2. The van der Waals surface area contributed by atoms with Gasteiger partial charge in [-0.15, -0.1) is 0 Å². The van der Waals surface area contributed by atoms with Gasteiger partial charge in [0.25, 0.3) is 11.8 Å². The van der Waals surface area contributed by atoms with Crippen LogP contribution in [0.5, 0.6) is 0 Å². The van der Waals surface area contributed by atoms with E-state index >= 15 is 0 Å². The lowest BCUT2D eigenvalue weighted by Gasteiger charge is -2.33. The van der Waals surface area contributed by atoms with Crippen molar-refractivity contribution in [1.29, 1.82) is 0 Å². The third-order valence-electron chi connectivity index (χ3n) is 5.06. The predicted octanol–water partition coefficient (Wildman–Crippen LogP) is 3.97. The van der Waals surface area contributed by atoms with Gasteiger partial charge in [0.05, 0.1) is 0 Å². The van der Waals surface area contributed by atoms with Crippen LogP contribution < -0.4 is 14.8 Å². The van der Waals surface area contributed by atoms with E-state index in [0.29, 0.717) is 10.7 Å². The monoisotopic (exact) mass is 406 g/mol. The molecule has 2 amide bonds. The second kappa shape index (κ2) is 7.68. The van der Waals surface area contributed by atoms with Crippen molar-refractivity contribution in [2.24, 2.45) is 0 Å². The second-order valence-corrected chi connectivity index (χ2v) is 7.64. The molecule has 0 fully saturated rings. The molecule has 4 rings (SSSR count). The molecule has 2 aromatic carbocycles. The molecule has 1 N–H and O–H groups in total. The number of aryl methyl sites for hydroxylation is 2. The highest BCUT2D eigenvalue weighted by Crippen LogP contribution is 2.32. The Bertz CT molecular complexity index is 1100. The number of nitrogens with zero attached hydrogens (tertiary/aromatic N) is 2. The Morgan fingerprint density at radius 2 is 1.86 bits per heavy atom. The van der Waals surface area contributed by atoms with Crippen LogP contribution in [0.3, 0.4) is 0 Å². The molecule has 146 valence electrons. The van der Waals surface area contributed by atoms with Gasteiger partial charge >= 0.3 is 0 Å². The molecule has 29 heavy (non-hydrogen) atoms. The Balaban J connectivity index is 1.79. The number of rotatable bonds is 3. The number of benzene rings is 2. The van der Waals surface area contributed by atoms with E-state index in [2.05, 4.69) is 5.32 Å². The van der Waals surface area contributed by atoms with Crippen molar-refractivity contribution in [3.63, 3.8) is 0 Å². The van der Waals surface area contributed by atoms with Crippen molar-refractivity contribution in [3.05, 3.63) is 88.7 Å². The minimum absolute atomic E-state index is 0.128. The van der Waals surface area contributed by atoms with Crippen molar-refractivity contribution >= 4 is 34.8 Å². The highest BCUT2D eigenvalue weighted by molar-refractivity contribution is 6.30. The minimum Gasteiger partial charge on any atom is -0.324 e. The topological polar surface area (TPSA) is 53.3 Å². The van der Waals surface area contributed by atoms with E-state index in [-0.39, 0.29) is 18.4 Å². The first-order valence-corrected chi connectivity index (χ1v) is 9.76. The molecule has 1 atom stereocenters. The Labute approximate surface area is 174 Å². The fourth-order valence-electron chi connectivity index (χ4n) is 3.72. The van der Waals surface area contributed by atoms with E-state index in [1.165, 1.54) is 0 Å². The molecular weight excluding hydrogens is 386 g/mol. The molecule has 3 aromatic rings. The molecule has 6 heteroatoms. The van der Waals surface area contributed by atoms with Crippen LogP contribution in [0, 0.1) is 13.8 Å². The molecule has 2 heterocycles. The normalized spacial score (nSPS) is 15.8. The van der Waals surface area contributed by atoms with Crippen LogP contribution in [0.25, 0.3) is 0 Å². The number of anilines is 2. The summed E-state index contributed by atoms with van der Waals surface area (Å²) in [6, 6.07) is 17.6. The van der Waals surface area contributed by atoms with E-state index in [0.717, 1.165) is 22.5 Å². The first-order valence-electron chi connectivity index (χ1n) is 9.38. The van der Waals surface area contributed by atoms with E-state index < -0.39 is 6.04 Å². The highest BCUT2D eigenvalue weighted by Gasteiger charge is 2.44. The molecule has 1 aromatic heterocycles. The summed E-state index contributed by atoms with van der Waals surface area (Å²) in [5, 5.41) is 3.52. The van der Waals surface area contributed by atoms with Crippen LogP contribution in [0.4, 0.5) is 11.4 Å². The smallest absolute Gasteiger partial charge is 0.294 e. The molecule has 1 aliphatic rings. The van der Waals surface area contributed by atoms with Crippen molar-refractivity contribution < 1.29 is 14.2 Å². The maximum atomic E-state index is 13.4. The molecule has 0 bridgehead atoms. The summed E-state index contributed by atoms with van der Waals surface area (Å²) >= 11 is 5.95. The lowest BCUT2D eigenvalue weighted by molar-refractivity contribution is -0.695. The Morgan fingerprint density at radius 1 is 1.10 bits per heavy atom. The number of pyridine rings is 1. The summed E-state index contributed by atoms with van der Waals surface area (Å²) in [5.41, 5.74) is 4.19. The second-order valence-electron chi connectivity index (χ2n) is 7.21. The maximum Gasteiger partial charge on any atom is 0.294 e. The molecule has 0 spiro atoms. The largest absolute Gasteiger partial charge is 0.324 e. The number of hydrogen-bond acceptors (Lipinski definition) is 2. The van der Waals surface area contributed by atoms with Crippen molar-refractivity contribution in [2.75, 3.05) is 10.2 Å². The van der Waals surface area contributed by atoms with Gasteiger partial charge in [-0.05, 0) is 49.7 Å². The van der Waals surface area contributed by atoms with Gasteiger partial charge in [-0.1, -0.05) is 35.4 Å². The summed E-state index contributed by atoms with van der Waals surface area (Å²) in [7, 11) is 0. The summed E-state index contributed by atoms with van der Waals surface area (Å²) < 4.78 is 1.83. The Morgan fingerprint density at radius 3 is 2.59 bits per heavy atom. The van der Waals surface area contributed by atoms with Crippen molar-refractivity contribution in [3.8, 4) is 0 Å². The van der Waals surface area contributed by atoms with Gasteiger partial charge in [0.1, 0.15) is 0 Å². The first kappa shape index (κ1) is 19.2. The molecule has 1 aliphatic heterocycles. The van der Waals surface area contributed by atoms with Crippen LogP contribution >= 0.6 is 11.6 Å². The SMILES string of the molecule is Cc1ccc(N2C(=O)C[n+]3ccccc3C2C(=O)Nc2ccc(Cl)cc2)c(C)c1. The molecule has 0 saturated heterocycles. The van der Waals surface area contributed by atoms with Crippen LogP contribution in [0.2, 0.25) is 5.02 Å². The van der Waals surface area contributed by atoms with Crippen molar-refractivity contribution in [2.45, 2.75) is 26.4 Å².